The molecule has 0 bridgehead atoms. The standard InChI is InChI=1S/C17H21N3O2/c1-3-5-6-22-17(21)19-10-14-11-20(16(14)12-19)15-7-13(4-2)8-18-9-15/h2,7-9,14,16H,3,5-6,10-12H2,1H3/t14-,16-/m0/s1. The highest BCUT2D eigenvalue weighted by molar-refractivity contribution is 5.69. The third-order valence-corrected chi connectivity index (χ3v) is 4.44. The summed E-state index contributed by atoms with van der Waals surface area (Å²) in [6, 6.07) is 2.33. The zero-order valence-electron chi connectivity index (χ0n) is 12.9. The molecular weight excluding hydrogens is 278 g/mol. The minimum Gasteiger partial charge on any atom is -0.449 e. The number of hydrogen-bond donors (Lipinski definition) is 0. The monoisotopic (exact) mass is 299 g/mol. The lowest BCUT2D eigenvalue weighted by atomic mass is 9.91. The Balaban J connectivity index is 1.59. The third kappa shape index (κ3) is 2.74. The minimum atomic E-state index is -0.182. The van der Waals surface area contributed by atoms with Crippen LogP contribution >= 0.6 is 0 Å². The van der Waals surface area contributed by atoms with Gasteiger partial charge in [-0.05, 0) is 12.5 Å². The molecule has 2 atom stereocenters. The van der Waals surface area contributed by atoms with E-state index in [1.807, 2.05) is 17.2 Å². The van der Waals surface area contributed by atoms with Gasteiger partial charge in [0.15, 0.2) is 0 Å². The molecule has 2 aliphatic heterocycles. The van der Waals surface area contributed by atoms with Gasteiger partial charge in [-0.1, -0.05) is 19.3 Å². The maximum Gasteiger partial charge on any atom is 0.409 e. The molecule has 1 aromatic heterocycles. The largest absolute Gasteiger partial charge is 0.449 e. The van der Waals surface area contributed by atoms with Crippen LogP contribution in [0.5, 0.6) is 0 Å². The van der Waals surface area contributed by atoms with Crippen LogP contribution in [0.3, 0.4) is 0 Å². The average molecular weight is 299 g/mol. The number of carbonyl (C=O) groups is 1. The number of likely N-dealkylation sites (tertiary alicyclic amines) is 1. The molecule has 2 aliphatic rings. The number of nitrogens with zero attached hydrogens (tertiary/aromatic N) is 3. The van der Waals surface area contributed by atoms with Gasteiger partial charge in [-0.2, -0.15) is 0 Å². The highest BCUT2D eigenvalue weighted by Gasteiger charge is 2.47. The number of anilines is 1. The summed E-state index contributed by atoms with van der Waals surface area (Å²) >= 11 is 0. The Morgan fingerprint density at radius 1 is 1.45 bits per heavy atom. The van der Waals surface area contributed by atoms with Crippen molar-refractivity contribution in [1.82, 2.24) is 9.88 Å². The van der Waals surface area contributed by atoms with Gasteiger partial charge in [0.2, 0.25) is 0 Å². The van der Waals surface area contributed by atoms with E-state index in [1.54, 1.807) is 6.20 Å². The number of fused-ring (bicyclic) bond motifs is 1. The summed E-state index contributed by atoms with van der Waals surface area (Å²) in [4.78, 5) is 20.3. The molecule has 0 radical (unpaired) electrons. The molecule has 1 amide bonds. The fourth-order valence-corrected chi connectivity index (χ4v) is 3.14. The number of hydrogen-bond acceptors (Lipinski definition) is 4. The Kier molecular flexibility index (Phi) is 4.19. The lowest BCUT2D eigenvalue weighted by Gasteiger charge is -2.45. The number of aromatic nitrogens is 1. The number of carbonyl (C=O) groups excluding carboxylic acids is 1. The van der Waals surface area contributed by atoms with Gasteiger partial charge >= 0.3 is 6.09 Å². The Hall–Kier alpha value is -2.22. The molecule has 3 heterocycles. The first-order valence-corrected chi connectivity index (χ1v) is 7.83. The average Bonchev–Trinajstić information content (AvgIpc) is 2.85. The summed E-state index contributed by atoms with van der Waals surface area (Å²) in [5.74, 6) is 3.13. The van der Waals surface area contributed by atoms with Crippen LogP contribution in [0, 0.1) is 18.3 Å². The van der Waals surface area contributed by atoms with Crippen molar-refractivity contribution in [3.63, 3.8) is 0 Å². The summed E-state index contributed by atoms with van der Waals surface area (Å²) in [7, 11) is 0. The SMILES string of the molecule is C#Cc1cncc(N2C[C@@H]3CN(C(=O)OCCCC)C[C@@H]32)c1. The molecule has 0 unspecified atom stereocenters. The molecule has 2 fully saturated rings. The summed E-state index contributed by atoms with van der Waals surface area (Å²) in [5.41, 5.74) is 1.83. The molecule has 116 valence electrons. The normalized spacial score (nSPS) is 22.7. The Morgan fingerprint density at radius 2 is 2.32 bits per heavy atom. The van der Waals surface area contributed by atoms with Crippen LogP contribution < -0.4 is 4.90 Å². The van der Waals surface area contributed by atoms with Crippen molar-refractivity contribution in [2.75, 3.05) is 31.1 Å². The second kappa shape index (κ2) is 6.27. The number of ether oxygens (including phenoxy) is 1. The van der Waals surface area contributed by atoms with E-state index >= 15 is 0 Å². The fraction of sp³-hybridized carbons (Fsp3) is 0.529. The third-order valence-electron chi connectivity index (χ3n) is 4.44. The second-order valence-electron chi connectivity index (χ2n) is 5.93. The van der Waals surface area contributed by atoms with E-state index < -0.39 is 0 Å². The molecule has 0 aromatic carbocycles. The topological polar surface area (TPSA) is 45.7 Å². The van der Waals surface area contributed by atoms with Crippen molar-refractivity contribution in [2.45, 2.75) is 25.8 Å². The highest BCUT2D eigenvalue weighted by Crippen LogP contribution is 2.36. The molecule has 22 heavy (non-hydrogen) atoms. The van der Waals surface area contributed by atoms with Gasteiger partial charge < -0.3 is 14.5 Å². The first kappa shape index (κ1) is 14.7. The maximum absolute atomic E-state index is 12.0. The molecule has 0 saturated carbocycles. The molecule has 0 spiro atoms. The fourth-order valence-electron chi connectivity index (χ4n) is 3.14. The summed E-state index contributed by atoms with van der Waals surface area (Å²) < 4.78 is 5.30. The maximum atomic E-state index is 12.0. The zero-order valence-corrected chi connectivity index (χ0v) is 12.9. The minimum absolute atomic E-state index is 0.182. The van der Waals surface area contributed by atoms with Gasteiger partial charge in [0.1, 0.15) is 0 Å². The zero-order chi connectivity index (χ0) is 15.5. The molecule has 0 aliphatic carbocycles. The predicted molar refractivity (Wildman–Crippen MR) is 84.6 cm³/mol. The summed E-state index contributed by atoms with van der Waals surface area (Å²) in [6.45, 7) is 5.04. The van der Waals surface area contributed by atoms with E-state index in [4.69, 9.17) is 11.2 Å². The van der Waals surface area contributed by atoms with Crippen LogP contribution in [0.15, 0.2) is 18.5 Å². The molecule has 3 rings (SSSR count). The number of terminal acetylenes is 1. The summed E-state index contributed by atoms with van der Waals surface area (Å²) in [6.07, 6.45) is 10.7. The molecule has 2 saturated heterocycles. The van der Waals surface area contributed by atoms with E-state index in [0.717, 1.165) is 43.7 Å². The van der Waals surface area contributed by atoms with Crippen LogP contribution in [-0.4, -0.2) is 48.3 Å². The van der Waals surface area contributed by atoms with E-state index in [2.05, 4.69) is 22.7 Å². The van der Waals surface area contributed by atoms with E-state index in [1.165, 1.54) is 0 Å². The van der Waals surface area contributed by atoms with Crippen LogP contribution in [0.1, 0.15) is 25.3 Å². The van der Waals surface area contributed by atoms with Crippen molar-refractivity contribution in [3.8, 4) is 12.3 Å². The highest BCUT2D eigenvalue weighted by atomic mass is 16.6. The first-order chi connectivity index (χ1) is 10.7. The van der Waals surface area contributed by atoms with Crippen LogP contribution in [0.4, 0.5) is 10.5 Å². The van der Waals surface area contributed by atoms with Gasteiger partial charge in [-0.3, -0.25) is 4.98 Å². The Labute approximate surface area is 131 Å². The lowest BCUT2D eigenvalue weighted by molar-refractivity contribution is 0.108. The van der Waals surface area contributed by atoms with Crippen molar-refractivity contribution in [3.05, 3.63) is 24.0 Å². The first-order valence-electron chi connectivity index (χ1n) is 7.83. The predicted octanol–water partition coefficient (Wildman–Crippen LogP) is 2.12. The van der Waals surface area contributed by atoms with E-state index in [9.17, 15) is 4.79 Å². The van der Waals surface area contributed by atoms with E-state index in [0.29, 0.717) is 18.6 Å². The smallest absolute Gasteiger partial charge is 0.409 e. The summed E-state index contributed by atoms with van der Waals surface area (Å²) in [5, 5.41) is 0. The Morgan fingerprint density at radius 3 is 3.09 bits per heavy atom. The Bertz CT molecular complexity index is 596. The van der Waals surface area contributed by atoms with Gasteiger partial charge in [-0.15, -0.1) is 6.42 Å². The van der Waals surface area contributed by atoms with Crippen LogP contribution in [-0.2, 0) is 4.74 Å². The molecule has 1 aromatic rings. The molecular formula is C17H21N3O2. The van der Waals surface area contributed by atoms with Crippen LogP contribution in [0.2, 0.25) is 0 Å². The molecule has 5 heteroatoms. The quantitative estimate of drug-likeness (QED) is 0.631. The number of amides is 1. The van der Waals surface area contributed by atoms with Crippen molar-refractivity contribution in [1.29, 1.82) is 0 Å². The van der Waals surface area contributed by atoms with E-state index in [-0.39, 0.29) is 6.09 Å². The van der Waals surface area contributed by atoms with Crippen molar-refractivity contribution in [2.24, 2.45) is 5.92 Å². The van der Waals surface area contributed by atoms with Gasteiger partial charge in [0.25, 0.3) is 0 Å². The second-order valence-corrected chi connectivity index (χ2v) is 5.93. The lowest BCUT2D eigenvalue weighted by Crippen LogP contribution is -2.55. The van der Waals surface area contributed by atoms with Crippen molar-refractivity contribution < 1.29 is 9.53 Å². The van der Waals surface area contributed by atoms with Crippen LogP contribution in [0.25, 0.3) is 0 Å². The van der Waals surface area contributed by atoms with Gasteiger partial charge in [0, 0.05) is 37.3 Å². The molecule has 0 N–H and O–H groups in total. The van der Waals surface area contributed by atoms with Crippen molar-refractivity contribution >= 4 is 11.8 Å². The number of rotatable bonds is 4. The van der Waals surface area contributed by atoms with Gasteiger partial charge in [-0.25, -0.2) is 4.79 Å². The van der Waals surface area contributed by atoms with Gasteiger partial charge in [0.05, 0.1) is 24.5 Å². The number of pyridine rings is 1. The molecule has 5 nitrogen and oxygen atoms in total. The number of unbranched alkanes of at least 4 members (excludes halogenated alkanes) is 1.